The summed E-state index contributed by atoms with van der Waals surface area (Å²) in [6.45, 7) is 17.4. The number of aryl methyl sites for hydroxylation is 2. The molecule has 0 unspecified atom stereocenters. The number of hydrogen-bond acceptors (Lipinski definition) is 2. The standard InChI is InChI=1S/C15H29N3/c1-8-18-13(9-12(2)17-18)10-16-15(6,7)11-14(3,4)5/h9,16H,8,10-11H2,1-7H3. The van der Waals surface area contributed by atoms with Gasteiger partial charge in [-0.2, -0.15) is 5.10 Å². The average Bonchev–Trinajstić information content (AvgIpc) is 2.52. The highest BCUT2D eigenvalue weighted by Gasteiger charge is 2.25. The van der Waals surface area contributed by atoms with E-state index < -0.39 is 0 Å². The molecule has 104 valence electrons. The first-order valence-electron chi connectivity index (χ1n) is 6.91. The monoisotopic (exact) mass is 251 g/mol. The maximum Gasteiger partial charge on any atom is 0.0597 e. The summed E-state index contributed by atoms with van der Waals surface area (Å²) in [4.78, 5) is 0. The van der Waals surface area contributed by atoms with Gasteiger partial charge in [0.25, 0.3) is 0 Å². The molecule has 0 aliphatic heterocycles. The zero-order valence-electron chi connectivity index (χ0n) is 13.1. The second kappa shape index (κ2) is 5.43. The zero-order valence-corrected chi connectivity index (χ0v) is 13.1. The minimum atomic E-state index is 0.148. The van der Waals surface area contributed by atoms with E-state index in [1.54, 1.807) is 0 Å². The lowest BCUT2D eigenvalue weighted by molar-refractivity contribution is 0.239. The van der Waals surface area contributed by atoms with E-state index in [-0.39, 0.29) is 5.54 Å². The van der Waals surface area contributed by atoms with E-state index >= 15 is 0 Å². The predicted octanol–water partition coefficient (Wildman–Crippen LogP) is 3.52. The minimum absolute atomic E-state index is 0.148. The third-order valence-corrected chi connectivity index (χ3v) is 3.01. The molecule has 18 heavy (non-hydrogen) atoms. The first-order valence-corrected chi connectivity index (χ1v) is 6.91. The summed E-state index contributed by atoms with van der Waals surface area (Å²) in [5.74, 6) is 0. The van der Waals surface area contributed by atoms with Gasteiger partial charge in [0.1, 0.15) is 0 Å². The molecular weight excluding hydrogens is 222 g/mol. The summed E-state index contributed by atoms with van der Waals surface area (Å²) in [6.07, 6.45) is 1.15. The Hall–Kier alpha value is -0.830. The molecule has 0 saturated heterocycles. The smallest absolute Gasteiger partial charge is 0.0597 e. The van der Waals surface area contributed by atoms with E-state index in [9.17, 15) is 0 Å². The molecule has 1 aromatic heterocycles. The van der Waals surface area contributed by atoms with Crippen LogP contribution in [0.15, 0.2) is 6.07 Å². The molecule has 0 amide bonds. The molecule has 0 aliphatic rings. The molecule has 0 saturated carbocycles. The molecule has 1 aromatic rings. The quantitative estimate of drug-likeness (QED) is 0.868. The van der Waals surface area contributed by atoms with Crippen LogP contribution < -0.4 is 5.32 Å². The largest absolute Gasteiger partial charge is 0.306 e. The third kappa shape index (κ3) is 4.81. The van der Waals surface area contributed by atoms with Gasteiger partial charge >= 0.3 is 0 Å². The average molecular weight is 251 g/mol. The lowest BCUT2D eigenvalue weighted by Gasteiger charge is -2.33. The van der Waals surface area contributed by atoms with Gasteiger partial charge in [-0.15, -0.1) is 0 Å². The van der Waals surface area contributed by atoms with Crippen molar-refractivity contribution < 1.29 is 0 Å². The summed E-state index contributed by atoms with van der Waals surface area (Å²) >= 11 is 0. The van der Waals surface area contributed by atoms with Crippen molar-refractivity contribution in [2.75, 3.05) is 0 Å². The number of nitrogens with zero attached hydrogens (tertiary/aromatic N) is 2. The normalized spacial score (nSPS) is 13.1. The van der Waals surface area contributed by atoms with Gasteiger partial charge in [-0.25, -0.2) is 0 Å². The fraction of sp³-hybridized carbons (Fsp3) is 0.800. The second-order valence-corrected chi connectivity index (χ2v) is 7.07. The van der Waals surface area contributed by atoms with E-state index in [0.29, 0.717) is 5.41 Å². The lowest BCUT2D eigenvalue weighted by Crippen LogP contribution is -2.42. The Kier molecular flexibility index (Phi) is 4.60. The van der Waals surface area contributed by atoms with Crippen LogP contribution in [0.5, 0.6) is 0 Å². The van der Waals surface area contributed by atoms with Gasteiger partial charge in [0.2, 0.25) is 0 Å². The molecule has 0 aromatic carbocycles. The van der Waals surface area contributed by atoms with E-state index in [2.05, 4.69) is 69.6 Å². The van der Waals surface area contributed by atoms with Crippen molar-refractivity contribution in [3.05, 3.63) is 17.5 Å². The van der Waals surface area contributed by atoms with Crippen molar-refractivity contribution in [1.29, 1.82) is 0 Å². The van der Waals surface area contributed by atoms with E-state index in [1.165, 1.54) is 5.69 Å². The Balaban J connectivity index is 2.63. The molecular formula is C15H29N3. The zero-order chi connectivity index (χ0) is 14.0. The van der Waals surface area contributed by atoms with E-state index in [1.807, 2.05) is 0 Å². The van der Waals surface area contributed by atoms with Crippen molar-refractivity contribution in [3.8, 4) is 0 Å². The van der Waals surface area contributed by atoms with Crippen LogP contribution in [-0.4, -0.2) is 15.3 Å². The predicted molar refractivity (Wildman–Crippen MR) is 77.6 cm³/mol. The minimum Gasteiger partial charge on any atom is -0.306 e. The maximum atomic E-state index is 4.48. The highest BCUT2D eigenvalue weighted by Crippen LogP contribution is 2.27. The second-order valence-electron chi connectivity index (χ2n) is 7.07. The van der Waals surface area contributed by atoms with E-state index in [0.717, 1.165) is 25.2 Å². The van der Waals surface area contributed by atoms with Crippen molar-refractivity contribution in [2.24, 2.45) is 5.41 Å². The van der Waals surface area contributed by atoms with E-state index in [4.69, 9.17) is 0 Å². The van der Waals surface area contributed by atoms with Crippen molar-refractivity contribution in [2.45, 2.75) is 73.5 Å². The van der Waals surface area contributed by atoms with Crippen LogP contribution in [0.25, 0.3) is 0 Å². The topological polar surface area (TPSA) is 29.9 Å². The summed E-state index contributed by atoms with van der Waals surface area (Å²) < 4.78 is 2.08. The van der Waals surface area contributed by atoms with Crippen LogP contribution in [0.4, 0.5) is 0 Å². The van der Waals surface area contributed by atoms with Gasteiger partial charge in [-0.1, -0.05) is 20.8 Å². The van der Waals surface area contributed by atoms with Crippen LogP contribution in [0.1, 0.15) is 59.4 Å². The Bertz CT molecular complexity index is 383. The SMILES string of the molecule is CCn1nc(C)cc1CNC(C)(C)CC(C)(C)C. The Morgan fingerprint density at radius 2 is 1.83 bits per heavy atom. The van der Waals surface area contributed by atoms with Gasteiger partial charge in [0, 0.05) is 18.6 Å². The van der Waals surface area contributed by atoms with Crippen LogP contribution in [0, 0.1) is 12.3 Å². The van der Waals surface area contributed by atoms with Crippen LogP contribution in [0.3, 0.4) is 0 Å². The summed E-state index contributed by atoms with van der Waals surface area (Å²) in [7, 11) is 0. The highest BCUT2D eigenvalue weighted by molar-refractivity contribution is 5.09. The summed E-state index contributed by atoms with van der Waals surface area (Å²) in [5.41, 5.74) is 2.87. The molecule has 1 heterocycles. The van der Waals surface area contributed by atoms with Gasteiger partial charge in [-0.3, -0.25) is 4.68 Å². The Labute approximate surface area is 112 Å². The number of hydrogen-bond donors (Lipinski definition) is 1. The fourth-order valence-electron chi connectivity index (χ4n) is 2.73. The Morgan fingerprint density at radius 1 is 1.22 bits per heavy atom. The number of aromatic nitrogens is 2. The fourth-order valence-corrected chi connectivity index (χ4v) is 2.73. The molecule has 3 heteroatoms. The first kappa shape index (κ1) is 15.2. The van der Waals surface area contributed by atoms with Crippen LogP contribution >= 0.6 is 0 Å². The van der Waals surface area contributed by atoms with Crippen molar-refractivity contribution in [3.63, 3.8) is 0 Å². The molecule has 0 spiro atoms. The van der Waals surface area contributed by atoms with Gasteiger partial charge in [-0.05, 0) is 45.6 Å². The van der Waals surface area contributed by atoms with Crippen LogP contribution in [0.2, 0.25) is 0 Å². The van der Waals surface area contributed by atoms with Gasteiger partial charge in [0.15, 0.2) is 0 Å². The number of rotatable bonds is 5. The molecule has 1 rings (SSSR count). The molecule has 0 fully saturated rings. The lowest BCUT2D eigenvalue weighted by atomic mass is 9.82. The summed E-state index contributed by atoms with van der Waals surface area (Å²) in [6, 6.07) is 2.17. The maximum absolute atomic E-state index is 4.48. The van der Waals surface area contributed by atoms with Crippen molar-refractivity contribution >= 4 is 0 Å². The van der Waals surface area contributed by atoms with Gasteiger partial charge < -0.3 is 5.32 Å². The van der Waals surface area contributed by atoms with Crippen LogP contribution in [-0.2, 0) is 13.1 Å². The first-order chi connectivity index (χ1) is 8.13. The summed E-state index contributed by atoms with van der Waals surface area (Å²) in [5, 5.41) is 8.14. The molecule has 0 radical (unpaired) electrons. The number of nitrogens with one attached hydrogen (secondary N) is 1. The van der Waals surface area contributed by atoms with Crippen molar-refractivity contribution in [1.82, 2.24) is 15.1 Å². The molecule has 0 bridgehead atoms. The highest BCUT2D eigenvalue weighted by atomic mass is 15.3. The molecule has 0 aliphatic carbocycles. The van der Waals surface area contributed by atoms with Gasteiger partial charge in [0.05, 0.1) is 11.4 Å². The molecule has 1 N–H and O–H groups in total. The third-order valence-electron chi connectivity index (χ3n) is 3.01. The Morgan fingerprint density at radius 3 is 2.33 bits per heavy atom. The molecule has 3 nitrogen and oxygen atoms in total. The molecule has 0 atom stereocenters.